The van der Waals surface area contributed by atoms with Gasteiger partial charge in [0.15, 0.2) is 0 Å². The smallest absolute Gasteiger partial charge is 0.395 e. The summed E-state index contributed by atoms with van der Waals surface area (Å²) >= 11 is 0. The molecular weight excluding hydrogens is 213 g/mol. The number of aliphatic hydroxyl groups is 1. The maximum atomic E-state index is 8.88. The van der Waals surface area contributed by atoms with Gasteiger partial charge in [0, 0.05) is 19.8 Å². The van der Waals surface area contributed by atoms with E-state index >= 15 is 0 Å². The zero-order valence-corrected chi connectivity index (χ0v) is 9.35. The fraction of sp³-hybridized carbons (Fsp3) is 1.00. The summed E-state index contributed by atoms with van der Waals surface area (Å²) in [5.74, 6) is 0. The zero-order valence-electron chi connectivity index (χ0n) is 8.46. The van der Waals surface area contributed by atoms with Crippen molar-refractivity contribution in [3.63, 3.8) is 0 Å². The molecular formula is C6H20NO6P. The van der Waals surface area contributed by atoms with Gasteiger partial charge < -0.3 is 30.3 Å². The standard InChI is InChI=1S/C4H10O.C2H7NO.H3O4P/c1-3-5-4-2;3-1-2-4;1-5(2,3)4/h3-4H2,1-2H3;4H,1-3H2;(H3,1,2,3,4). The molecule has 0 spiro atoms. The number of aliphatic hydroxyl groups excluding tert-OH is 1. The van der Waals surface area contributed by atoms with Crippen molar-refractivity contribution in [2.75, 3.05) is 26.4 Å². The number of hydrogen-bond acceptors (Lipinski definition) is 4. The van der Waals surface area contributed by atoms with Gasteiger partial charge in [0.25, 0.3) is 0 Å². The summed E-state index contributed by atoms with van der Waals surface area (Å²) in [4.78, 5) is 21.6. The van der Waals surface area contributed by atoms with E-state index in [0.717, 1.165) is 13.2 Å². The summed E-state index contributed by atoms with van der Waals surface area (Å²) in [6.45, 7) is 6.14. The monoisotopic (exact) mass is 233 g/mol. The molecule has 8 heteroatoms. The van der Waals surface area contributed by atoms with Crippen molar-refractivity contribution in [2.24, 2.45) is 5.73 Å². The maximum Gasteiger partial charge on any atom is 0.466 e. The lowest BCUT2D eigenvalue weighted by atomic mass is 10.8. The van der Waals surface area contributed by atoms with E-state index in [2.05, 4.69) is 0 Å². The average Bonchev–Trinajstić information content (AvgIpc) is 2.03. The van der Waals surface area contributed by atoms with Gasteiger partial charge >= 0.3 is 7.82 Å². The molecule has 0 rings (SSSR count). The third-order valence-corrected chi connectivity index (χ3v) is 0.537. The molecule has 0 aliphatic carbocycles. The number of rotatable bonds is 3. The minimum absolute atomic E-state index is 0.0972. The Labute approximate surface area is 83.8 Å². The fourth-order valence-electron chi connectivity index (χ4n) is 0.204. The van der Waals surface area contributed by atoms with E-state index in [1.165, 1.54) is 0 Å². The molecule has 0 unspecified atom stereocenters. The van der Waals surface area contributed by atoms with Gasteiger partial charge in [-0.3, -0.25) is 0 Å². The van der Waals surface area contributed by atoms with E-state index < -0.39 is 7.82 Å². The van der Waals surface area contributed by atoms with Crippen LogP contribution in [0.25, 0.3) is 0 Å². The van der Waals surface area contributed by atoms with E-state index in [-0.39, 0.29) is 6.61 Å². The average molecular weight is 233 g/mol. The number of ether oxygens (including phenoxy) is 1. The van der Waals surface area contributed by atoms with Crippen LogP contribution in [-0.2, 0) is 9.30 Å². The molecule has 0 bridgehead atoms. The molecule has 0 aromatic heterocycles. The van der Waals surface area contributed by atoms with Gasteiger partial charge in [0.2, 0.25) is 0 Å². The van der Waals surface area contributed by atoms with Crippen molar-refractivity contribution in [3.8, 4) is 0 Å². The van der Waals surface area contributed by atoms with E-state index in [0.29, 0.717) is 6.54 Å². The van der Waals surface area contributed by atoms with E-state index in [1.54, 1.807) is 0 Å². The van der Waals surface area contributed by atoms with E-state index in [4.69, 9.17) is 34.8 Å². The van der Waals surface area contributed by atoms with Crippen molar-refractivity contribution in [3.05, 3.63) is 0 Å². The SMILES string of the molecule is CCOCC.NCCO.O=P(O)(O)O. The molecule has 0 saturated heterocycles. The molecule has 90 valence electrons. The Hall–Kier alpha value is -0.0100. The van der Waals surface area contributed by atoms with Gasteiger partial charge in [-0.1, -0.05) is 0 Å². The highest BCUT2D eigenvalue weighted by Gasteiger charge is 2.00. The molecule has 0 aliphatic heterocycles. The maximum absolute atomic E-state index is 8.88. The number of nitrogens with two attached hydrogens (primary N) is 1. The van der Waals surface area contributed by atoms with Gasteiger partial charge in [0.05, 0.1) is 6.61 Å². The molecule has 0 amide bonds. The molecule has 0 fully saturated rings. The molecule has 0 radical (unpaired) electrons. The fourth-order valence-corrected chi connectivity index (χ4v) is 0.204. The second-order valence-electron chi connectivity index (χ2n) is 1.81. The van der Waals surface area contributed by atoms with Gasteiger partial charge in [0.1, 0.15) is 0 Å². The predicted molar refractivity (Wildman–Crippen MR) is 52.6 cm³/mol. The Morgan fingerprint density at radius 3 is 1.43 bits per heavy atom. The van der Waals surface area contributed by atoms with Crippen molar-refractivity contribution in [2.45, 2.75) is 13.8 Å². The Bertz CT molecular complexity index is 115. The minimum Gasteiger partial charge on any atom is -0.395 e. The Morgan fingerprint density at radius 2 is 1.43 bits per heavy atom. The van der Waals surface area contributed by atoms with Crippen LogP contribution in [0.4, 0.5) is 0 Å². The second kappa shape index (κ2) is 15.5. The molecule has 0 atom stereocenters. The highest BCUT2D eigenvalue weighted by atomic mass is 31.2. The number of phosphoric acid groups is 1. The van der Waals surface area contributed by atoms with Crippen LogP contribution in [0.3, 0.4) is 0 Å². The van der Waals surface area contributed by atoms with Crippen LogP contribution in [0.2, 0.25) is 0 Å². The third-order valence-electron chi connectivity index (χ3n) is 0.537. The van der Waals surface area contributed by atoms with Crippen molar-refractivity contribution < 1.29 is 29.1 Å². The normalized spacial score (nSPS) is 9.36. The van der Waals surface area contributed by atoms with Crippen molar-refractivity contribution in [1.82, 2.24) is 0 Å². The van der Waals surface area contributed by atoms with Crippen LogP contribution < -0.4 is 5.73 Å². The quantitative estimate of drug-likeness (QED) is 0.397. The molecule has 6 N–H and O–H groups in total. The van der Waals surface area contributed by atoms with E-state index in [9.17, 15) is 0 Å². The lowest BCUT2D eigenvalue weighted by Gasteiger charge is -1.86. The summed E-state index contributed by atoms with van der Waals surface area (Å²) in [6.07, 6.45) is 0. The topological polar surface area (TPSA) is 133 Å². The first kappa shape index (κ1) is 19.5. The van der Waals surface area contributed by atoms with Gasteiger partial charge in [-0.05, 0) is 13.8 Å². The largest absolute Gasteiger partial charge is 0.466 e. The summed E-state index contributed by atoms with van der Waals surface area (Å²) < 4.78 is 13.7. The zero-order chi connectivity index (χ0) is 12.0. The molecule has 7 nitrogen and oxygen atoms in total. The summed E-state index contributed by atoms with van der Waals surface area (Å²) in [5.41, 5.74) is 4.78. The second-order valence-corrected chi connectivity index (χ2v) is 2.83. The first-order valence-electron chi connectivity index (χ1n) is 4.00. The first-order valence-corrected chi connectivity index (χ1v) is 5.56. The highest BCUT2D eigenvalue weighted by Crippen LogP contribution is 2.25. The van der Waals surface area contributed by atoms with Crippen LogP contribution in [0.15, 0.2) is 0 Å². The molecule has 14 heavy (non-hydrogen) atoms. The number of hydrogen-bond donors (Lipinski definition) is 5. The predicted octanol–water partition coefficient (Wildman–Crippen LogP) is -0.948. The van der Waals surface area contributed by atoms with Crippen LogP contribution in [0, 0.1) is 0 Å². The van der Waals surface area contributed by atoms with Crippen LogP contribution >= 0.6 is 7.82 Å². The van der Waals surface area contributed by atoms with Crippen LogP contribution in [0.1, 0.15) is 13.8 Å². The molecule has 0 heterocycles. The van der Waals surface area contributed by atoms with Gasteiger partial charge in [-0.2, -0.15) is 0 Å². The summed E-state index contributed by atoms with van der Waals surface area (Å²) in [6, 6.07) is 0. The first-order chi connectivity index (χ1) is 6.33. The molecule has 0 aromatic rings. The lowest BCUT2D eigenvalue weighted by Crippen LogP contribution is -2.02. The summed E-state index contributed by atoms with van der Waals surface area (Å²) in [5, 5.41) is 7.75. The Balaban J connectivity index is -0.000000131. The molecule has 0 aromatic carbocycles. The Kier molecular flexibility index (Phi) is 21.6. The van der Waals surface area contributed by atoms with Gasteiger partial charge in [-0.15, -0.1) is 0 Å². The van der Waals surface area contributed by atoms with Crippen LogP contribution in [0.5, 0.6) is 0 Å². The van der Waals surface area contributed by atoms with Gasteiger partial charge in [-0.25, -0.2) is 4.57 Å². The Morgan fingerprint density at radius 1 is 1.21 bits per heavy atom. The van der Waals surface area contributed by atoms with Crippen molar-refractivity contribution >= 4 is 7.82 Å². The summed E-state index contributed by atoms with van der Waals surface area (Å²) in [7, 11) is -4.64. The molecule has 0 aliphatic rings. The van der Waals surface area contributed by atoms with E-state index in [1.807, 2.05) is 13.8 Å². The van der Waals surface area contributed by atoms with Crippen molar-refractivity contribution in [1.29, 1.82) is 0 Å². The third kappa shape index (κ3) is 162. The molecule has 0 saturated carbocycles. The van der Waals surface area contributed by atoms with Crippen LogP contribution in [-0.4, -0.2) is 46.2 Å². The minimum atomic E-state index is -4.64. The highest BCUT2D eigenvalue weighted by molar-refractivity contribution is 7.45. The lowest BCUT2D eigenvalue weighted by molar-refractivity contribution is 0.162.